The molecule has 2 atom stereocenters. The van der Waals surface area contributed by atoms with E-state index in [2.05, 4.69) is 48.8 Å². The molecule has 0 bridgehead atoms. The maximum absolute atomic E-state index is 4.90. The average molecular weight is 286 g/mol. The molecule has 3 heteroatoms. The summed E-state index contributed by atoms with van der Waals surface area (Å²) in [5.41, 5.74) is 4.19. The number of rotatable bonds is 5. The van der Waals surface area contributed by atoms with Gasteiger partial charge in [-0.05, 0) is 43.9 Å². The van der Waals surface area contributed by atoms with Crippen molar-refractivity contribution in [2.24, 2.45) is 0 Å². The van der Waals surface area contributed by atoms with Crippen LogP contribution in [0.5, 0.6) is 0 Å². The number of benzene rings is 1. The molecule has 20 heavy (non-hydrogen) atoms. The van der Waals surface area contributed by atoms with Crippen LogP contribution in [0.15, 0.2) is 29.6 Å². The molecular formula is C17H22N2S. The highest BCUT2D eigenvalue weighted by Gasteiger charge is 2.26. The Morgan fingerprint density at radius 2 is 2.25 bits per heavy atom. The van der Waals surface area contributed by atoms with Crippen LogP contribution in [0, 0.1) is 0 Å². The molecule has 1 aliphatic carbocycles. The molecule has 1 N–H and O–H groups in total. The molecule has 1 aliphatic rings. The second kappa shape index (κ2) is 6.06. The monoisotopic (exact) mass is 286 g/mol. The molecule has 3 rings (SSSR count). The standard InChI is InChI=1S/C17H22N2S/c1-3-10-18-12(2)16-11-20-17(19-16)15-9-8-13-6-4-5-7-14(13)15/h4-7,11-12,15,18H,3,8-10H2,1-2H3. The van der Waals surface area contributed by atoms with E-state index in [4.69, 9.17) is 4.98 Å². The van der Waals surface area contributed by atoms with Crippen LogP contribution in [0.1, 0.15) is 60.5 Å². The van der Waals surface area contributed by atoms with E-state index in [0.717, 1.165) is 13.0 Å². The molecule has 106 valence electrons. The van der Waals surface area contributed by atoms with Gasteiger partial charge in [-0.3, -0.25) is 0 Å². The van der Waals surface area contributed by atoms with Crippen LogP contribution in [0.25, 0.3) is 0 Å². The Kier molecular flexibility index (Phi) is 4.18. The van der Waals surface area contributed by atoms with Gasteiger partial charge in [-0.1, -0.05) is 31.2 Å². The van der Waals surface area contributed by atoms with Crippen molar-refractivity contribution in [3.63, 3.8) is 0 Å². The van der Waals surface area contributed by atoms with E-state index in [0.29, 0.717) is 12.0 Å². The first-order chi connectivity index (χ1) is 9.79. The fourth-order valence-electron chi connectivity index (χ4n) is 2.94. The van der Waals surface area contributed by atoms with Crippen molar-refractivity contribution in [1.82, 2.24) is 10.3 Å². The highest BCUT2D eigenvalue weighted by Crippen LogP contribution is 2.39. The van der Waals surface area contributed by atoms with Gasteiger partial charge in [0.05, 0.1) is 5.69 Å². The van der Waals surface area contributed by atoms with Crippen molar-refractivity contribution in [3.8, 4) is 0 Å². The van der Waals surface area contributed by atoms with Crippen molar-refractivity contribution in [1.29, 1.82) is 0 Å². The molecule has 0 amide bonds. The summed E-state index contributed by atoms with van der Waals surface area (Å²) in [5.74, 6) is 0.517. The molecule has 2 aromatic rings. The number of nitrogens with one attached hydrogen (secondary N) is 1. The SMILES string of the molecule is CCCNC(C)c1csc(C2CCc3ccccc32)n1. The normalized spacial score (nSPS) is 19.0. The quantitative estimate of drug-likeness (QED) is 0.887. The first-order valence-corrected chi connectivity index (χ1v) is 8.44. The van der Waals surface area contributed by atoms with Crippen LogP contribution in [0.2, 0.25) is 0 Å². The molecule has 0 fully saturated rings. The number of aryl methyl sites for hydroxylation is 1. The number of nitrogens with zero attached hydrogens (tertiary/aromatic N) is 1. The summed E-state index contributed by atoms with van der Waals surface area (Å²) in [6, 6.07) is 9.18. The third-order valence-electron chi connectivity index (χ3n) is 4.11. The van der Waals surface area contributed by atoms with Gasteiger partial charge in [0.25, 0.3) is 0 Å². The van der Waals surface area contributed by atoms with Gasteiger partial charge in [-0.2, -0.15) is 0 Å². The minimum Gasteiger partial charge on any atom is -0.309 e. The smallest absolute Gasteiger partial charge is 0.100 e. The van der Waals surface area contributed by atoms with Crippen LogP contribution in [-0.2, 0) is 6.42 Å². The predicted molar refractivity (Wildman–Crippen MR) is 85.4 cm³/mol. The summed E-state index contributed by atoms with van der Waals surface area (Å²) in [5, 5.41) is 7.03. The number of thiazole rings is 1. The summed E-state index contributed by atoms with van der Waals surface area (Å²) in [4.78, 5) is 4.90. The molecule has 0 saturated carbocycles. The number of fused-ring (bicyclic) bond motifs is 1. The fourth-order valence-corrected chi connectivity index (χ4v) is 4.00. The third kappa shape index (κ3) is 2.65. The van der Waals surface area contributed by atoms with Crippen molar-refractivity contribution in [2.75, 3.05) is 6.54 Å². The van der Waals surface area contributed by atoms with Crippen LogP contribution >= 0.6 is 11.3 Å². The minimum absolute atomic E-state index is 0.358. The van der Waals surface area contributed by atoms with Crippen molar-refractivity contribution in [2.45, 2.75) is 45.1 Å². The van der Waals surface area contributed by atoms with E-state index in [1.54, 1.807) is 0 Å². The lowest BCUT2D eigenvalue weighted by atomic mass is 10.0. The van der Waals surface area contributed by atoms with Gasteiger partial charge in [0, 0.05) is 17.3 Å². The van der Waals surface area contributed by atoms with Gasteiger partial charge in [0.15, 0.2) is 0 Å². The Morgan fingerprint density at radius 1 is 1.40 bits per heavy atom. The summed E-state index contributed by atoms with van der Waals surface area (Å²) in [6.45, 7) is 5.46. The Bertz CT molecular complexity index is 576. The van der Waals surface area contributed by atoms with Crippen LogP contribution < -0.4 is 5.32 Å². The number of hydrogen-bond acceptors (Lipinski definition) is 3. The predicted octanol–water partition coefficient (Wildman–Crippen LogP) is 4.28. The molecule has 0 spiro atoms. The van der Waals surface area contributed by atoms with E-state index in [1.165, 1.54) is 34.7 Å². The first-order valence-electron chi connectivity index (χ1n) is 7.56. The zero-order valence-electron chi connectivity index (χ0n) is 12.2. The van der Waals surface area contributed by atoms with Gasteiger partial charge in [0.1, 0.15) is 5.01 Å². The Morgan fingerprint density at radius 3 is 3.10 bits per heavy atom. The van der Waals surface area contributed by atoms with Gasteiger partial charge >= 0.3 is 0 Å². The lowest BCUT2D eigenvalue weighted by Crippen LogP contribution is -2.19. The molecule has 1 aromatic carbocycles. The maximum Gasteiger partial charge on any atom is 0.100 e. The molecule has 0 aliphatic heterocycles. The van der Waals surface area contributed by atoms with Crippen LogP contribution in [0.4, 0.5) is 0 Å². The van der Waals surface area contributed by atoms with E-state index >= 15 is 0 Å². The van der Waals surface area contributed by atoms with Gasteiger partial charge in [-0.15, -0.1) is 11.3 Å². The highest BCUT2D eigenvalue weighted by molar-refractivity contribution is 7.09. The van der Waals surface area contributed by atoms with E-state index < -0.39 is 0 Å². The second-order valence-corrected chi connectivity index (χ2v) is 6.47. The summed E-state index contributed by atoms with van der Waals surface area (Å²) in [7, 11) is 0. The van der Waals surface area contributed by atoms with E-state index in [-0.39, 0.29) is 0 Å². The summed E-state index contributed by atoms with van der Waals surface area (Å²) < 4.78 is 0. The van der Waals surface area contributed by atoms with Gasteiger partial charge < -0.3 is 5.32 Å². The van der Waals surface area contributed by atoms with Crippen LogP contribution in [0.3, 0.4) is 0 Å². The second-order valence-electron chi connectivity index (χ2n) is 5.58. The van der Waals surface area contributed by atoms with Crippen molar-refractivity contribution >= 4 is 11.3 Å². The van der Waals surface area contributed by atoms with Gasteiger partial charge in [0.2, 0.25) is 0 Å². The fraction of sp³-hybridized carbons (Fsp3) is 0.471. The molecule has 1 aromatic heterocycles. The topological polar surface area (TPSA) is 24.9 Å². The van der Waals surface area contributed by atoms with E-state index in [1.807, 2.05) is 11.3 Å². The lowest BCUT2D eigenvalue weighted by molar-refractivity contribution is 0.558. The lowest BCUT2D eigenvalue weighted by Gasteiger charge is -2.11. The zero-order valence-corrected chi connectivity index (χ0v) is 13.0. The Labute approximate surface area is 125 Å². The summed E-state index contributed by atoms with van der Waals surface area (Å²) in [6.07, 6.45) is 3.57. The number of hydrogen-bond donors (Lipinski definition) is 1. The molecule has 2 nitrogen and oxygen atoms in total. The maximum atomic E-state index is 4.90. The Hall–Kier alpha value is -1.19. The zero-order chi connectivity index (χ0) is 13.9. The molecule has 0 saturated heterocycles. The van der Waals surface area contributed by atoms with E-state index in [9.17, 15) is 0 Å². The van der Waals surface area contributed by atoms with Gasteiger partial charge in [-0.25, -0.2) is 4.98 Å². The largest absolute Gasteiger partial charge is 0.309 e. The third-order valence-corrected chi connectivity index (χ3v) is 5.09. The van der Waals surface area contributed by atoms with Crippen molar-refractivity contribution in [3.05, 3.63) is 51.5 Å². The first kappa shape index (κ1) is 13.8. The van der Waals surface area contributed by atoms with Crippen LogP contribution in [-0.4, -0.2) is 11.5 Å². The summed E-state index contributed by atoms with van der Waals surface area (Å²) >= 11 is 1.82. The highest BCUT2D eigenvalue weighted by atomic mass is 32.1. The molecule has 2 unspecified atom stereocenters. The molecule has 1 heterocycles. The Balaban J connectivity index is 1.78. The minimum atomic E-state index is 0.358. The molecular weight excluding hydrogens is 264 g/mol. The number of aromatic nitrogens is 1. The average Bonchev–Trinajstić information content (AvgIpc) is 3.10. The van der Waals surface area contributed by atoms with Crippen molar-refractivity contribution < 1.29 is 0 Å². The molecule has 0 radical (unpaired) electrons.